The Bertz CT molecular complexity index is 481. The van der Waals surface area contributed by atoms with E-state index in [1.165, 1.54) is 23.6 Å². The van der Waals surface area contributed by atoms with Crippen molar-refractivity contribution in [3.63, 3.8) is 0 Å². The van der Waals surface area contributed by atoms with Crippen molar-refractivity contribution in [2.75, 3.05) is 30.3 Å². The number of rotatable bonds is 6. The van der Waals surface area contributed by atoms with Gasteiger partial charge >= 0.3 is 12.0 Å². The first kappa shape index (κ1) is 18.1. The standard InChI is InChI=1S/C11H20N2O6S2/c1-2-21(18,19)9-7-20-6-5-13(9)11(17)12-4-3-8(14)10(15)16/h8-9,14H,2-7H2,1H3,(H,12,17)(H,15,16)/t8-,9?/m0/s1. The van der Waals surface area contributed by atoms with Crippen LogP contribution in [0.4, 0.5) is 4.79 Å². The molecule has 10 heteroatoms. The SMILES string of the molecule is CCS(=O)(=O)C1CSCCN1C(=O)NCC[C@H](O)C(=O)O. The van der Waals surface area contributed by atoms with Crippen molar-refractivity contribution in [2.45, 2.75) is 24.8 Å². The van der Waals surface area contributed by atoms with E-state index in [0.29, 0.717) is 18.1 Å². The molecule has 1 rings (SSSR count). The lowest BCUT2D eigenvalue weighted by molar-refractivity contribution is -0.146. The number of nitrogens with zero attached hydrogens (tertiary/aromatic N) is 1. The van der Waals surface area contributed by atoms with Crippen LogP contribution in [0.2, 0.25) is 0 Å². The highest BCUT2D eigenvalue weighted by atomic mass is 32.2. The van der Waals surface area contributed by atoms with Gasteiger partial charge < -0.3 is 20.4 Å². The van der Waals surface area contributed by atoms with E-state index in [9.17, 15) is 18.0 Å². The third kappa shape index (κ3) is 5.04. The second-order valence-electron chi connectivity index (χ2n) is 4.55. The molecule has 1 fully saturated rings. The quantitative estimate of drug-likeness (QED) is 0.586. The Labute approximate surface area is 127 Å². The molecule has 21 heavy (non-hydrogen) atoms. The first-order valence-corrected chi connectivity index (χ1v) is 9.41. The summed E-state index contributed by atoms with van der Waals surface area (Å²) in [7, 11) is -3.37. The molecular weight excluding hydrogens is 320 g/mol. The summed E-state index contributed by atoms with van der Waals surface area (Å²) >= 11 is 1.48. The van der Waals surface area contributed by atoms with Crippen LogP contribution in [0.3, 0.4) is 0 Å². The summed E-state index contributed by atoms with van der Waals surface area (Å²) in [6.07, 6.45) is -1.67. The van der Waals surface area contributed by atoms with Gasteiger partial charge in [0.1, 0.15) is 5.37 Å². The lowest BCUT2D eigenvalue weighted by atomic mass is 10.2. The minimum Gasteiger partial charge on any atom is -0.479 e. The maximum Gasteiger partial charge on any atom is 0.332 e. The lowest BCUT2D eigenvalue weighted by Crippen LogP contribution is -2.54. The molecule has 1 unspecified atom stereocenters. The number of nitrogens with one attached hydrogen (secondary N) is 1. The molecule has 0 aromatic heterocycles. The topological polar surface area (TPSA) is 124 Å². The summed E-state index contributed by atoms with van der Waals surface area (Å²) in [6.45, 7) is 1.82. The summed E-state index contributed by atoms with van der Waals surface area (Å²) in [6, 6.07) is -0.546. The van der Waals surface area contributed by atoms with Gasteiger partial charge in [-0.2, -0.15) is 11.8 Å². The fourth-order valence-corrected chi connectivity index (χ4v) is 4.81. The Morgan fingerprint density at radius 3 is 2.71 bits per heavy atom. The highest BCUT2D eigenvalue weighted by molar-refractivity contribution is 8.01. The molecule has 122 valence electrons. The van der Waals surface area contributed by atoms with Crippen LogP contribution >= 0.6 is 11.8 Å². The number of aliphatic hydroxyl groups is 1. The van der Waals surface area contributed by atoms with Crippen molar-refractivity contribution in [3.8, 4) is 0 Å². The van der Waals surface area contributed by atoms with E-state index < -0.39 is 33.3 Å². The minimum atomic E-state index is -3.37. The first-order valence-electron chi connectivity index (χ1n) is 6.54. The molecule has 0 aromatic carbocycles. The summed E-state index contributed by atoms with van der Waals surface area (Å²) in [5.74, 6) is -0.410. The predicted molar refractivity (Wildman–Crippen MR) is 78.9 cm³/mol. The van der Waals surface area contributed by atoms with E-state index in [1.54, 1.807) is 0 Å². The number of hydrogen-bond donors (Lipinski definition) is 3. The van der Waals surface area contributed by atoms with Crippen LogP contribution in [-0.4, -0.2) is 77.4 Å². The number of hydrogen-bond acceptors (Lipinski definition) is 6. The second kappa shape index (κ2) is 7.85. The van der Waals surface area contributed by atoms with Gasteiger partial charge in [-0.25, -0.2) is 18.0 Å². The van der Waals surface area contributed by atoms with Crippen LogP contribution in [0.25, 0.3) is 0 Å². The Hall–Kier alpha value is -1.00. The molecule has 0 saturated carbocycles. The zero-order valence-corrected chi connectivity index (χ0v) is 13.3. The first-order chi connectivity index (χ1) is 9.79. The van der Waals surface area contributed by atoms with E-state index in [4.69, 9.17) is 10.2 Å². The summed E-state index contributed by atoms with van der Waals surface area (Å²) < 4.78 is 24.0. The molecule has 3 N–H and O–H groups in total. The van der Waals surface area contributed by atoms with Crippen molar-refractivity contribution in [1.29, 1.82) is 0 Å². The van der Waals surface area contributed by atoms with Crippen LogP contribution in [0.5, 0.6) is 0 Å². The van der Waals surface area contributed by atoms with Crippen molar-refractivity contribution in [2.24, 2.45) is 0 Å². The van der Waals surface area contributed by atoms with Gasteiger partial charge in [0.15, 0.2) is 15.9 Å². The molecule has 8 nitrogen and oxygen atoms in total. The Kier molecular flexibility index (Phi) is 6.75. The zero-order chi connectivity index (χ0) is 16.0. The number of sulfone groups is 1. The molecule has 2 amide bonds. The van der Waals surface area contributed by atoms with Gasteiger partial charge in [-0.05, 0) is 0 Å². The Morgan fingerprint density at radius 1 is 1.48 bits per heavy atom. The number of aliphatic carboxylic acids is 1. The predicted octanol–water partition coefficient (Wildman–Crippen LogP) is -0.659. The van der Waals surface area contributed by atoms with E-state index in [0.717, 1.165) is 0 Å². The zero-order valence-electron chi connectivity index (χ0n) is 11.7. The highest BCUT2D eigenvalue weighted by Crippen LogP contribution is 2.21. The van der Waals surface area contributed by atoms with Crippen LogP contribution in [0.15, 0.2) is 0 Å². The van der Waals surface area contributed by atoms with Crippen molar-refractivity contribution >= 4 is 33.6 Å². The monoisotopic (exact) mass is 340 g/mol. The van der Waals surface area contributed by atoms with Crippen molar-refractivity contribution < 1.29 is 28.2 Å². The molecule has 0 radical (unpaired) electrons. The highest BCUT2D eigenvalue weighted by Gasteiger charge is 2.35. The van der Waals surface area contributed by atoms with Gasteiger partial charge in [-0.3, -0.25) is 0 Å². The number of carbonyl (C=O) groups is 2. The molecule has 2 atom stereocenters. The minimum absolute atomic E-state index is 0.0329. The average Bonchev–Trinajstić information content (AvgIpc) is 2.46. The average molecular weight is 340 g/mol. The fraction of sp³-hybridized carbons (Fsp3) is 0.818. The van der Waals surface area contributed by atoms with E-state index in [1.807, 2.05) is 0 Å². The van der Waals surface area contributed by atoms with E-state index in [-0.39, 0.29) is 18.7 Å². The van der Waals surface area contributed by atoms with Gasteiger partial charge in [-0.15, -0.1) is 0 Å². The van der Waals surface area contributed by atoms with Gasteiger partial charge in [0, 0.05) is 36.8 Å². The second-order valence-corrected chi connectivity index (χ2v) is 8.15. The summed E-state index contributed by atoms with van der Waals surface area (Å²) in [5.41, 5.74) is 0. The normalized spacial score (nSPS) is 20.9. The molecule has 0 spiro atoms. The van der Waals surface area contributed by atoms with Crippen molar-refractivity contribution in [3.05, 3.63) is 0 Å². The lowest BCUT2D eigenvalue weighted by Gasteiger charge is -2.34. The van der Waals surface area contributed by atoms with Crippen LogP contribution < -0.4 is 5.32 Å². The van der Waals surface area contributed by atoms with Gasteiger partial charge in [-0.1, -0.05) is 6.92 Å². The maximum absolute atomic E-state index is 12.0. The number of thioether (sulfide) groups is 1. The molecule has 0 bridgehead atoms. The maximum atomic E-state index is 12.0. The van der Waals surface area contributed by atoms with Gasteiger partial charge in [0.25, 0.3) is 0 Å². The molecule has 1 saturated heterocycles. The molecule has 0 aliphatic carbocycles. The number of amides is 2. The van der Waals surface area contributed by atoms with Gasteiger partial charge in [0.2, 0.25) is 0 Å². The van der Waals surface area contributed by atoms with Crippen LogP contribution in [-0.2, 0) is 14.6 Å². The van der Waals surface area contributed by atoms with E-state index in [2.05, 4.69) is 5.32 Å². The molecule has 1 heterocycles. The molecular formula is C11H20N2O6S2. The molecule has 1 aliphatic rings. The third-order valence-corrected chi connectivity index (χ3v) is 6.43. The Balaban J connectivity index is 2.60. The molecule has 1 aliphatic heterocycles. The van der Waals surface area contributed by atoms with Gasteiger partial charge in [0.05, 0.1) is 0 Å². The fourth-order valence-electron chi connectivity index (χ4n) is 1.84. The van der Waals surface area contributed by atoms with E-state index >= 15 is 0 Å². The van der Waals surface area contributed by atoms with Crippen LogP contribution in [0.1, 0.15) is 13.3 Å². The van der Waals surface area contributed by atoms with Crippen molar-refractivity contribution in [1.82, 2.24) is 10.2 Å². The smallest absolute Gasteiger partial charge is 0.332 e. The number of urea groups is 1. The van der Waals surface area contributed by atoms with Crippen LogP contribution in [0, 0.1) is 0 Å². The number of carboxylic acids is 1. The summed E-state index contributed by atoms with van der Waals surface area (Å²) in [5, 5.41) is 19.2. The largest absolute Gasteiger partial charge is 0.479 e. The number of aliphatic hydroxyl groups excluding tert-OH is 1. The molecule has 0 aromatic rings. The Morgan fingerprint density at radius 2 is 2.14 bits per heavy atom. The third-order valence-electron chi connectivity index (χ3n) is 3.14. The summed E-state index contributed by atoms with van der Waals surface area (Å²) in [4.78, 5) is 23.7. The number of carbonyl (C=O) groups excluding carboxylic acids is 1. The number of carboxylic acid groups (broad SMARTS) is 1.